The lowest BCUT2D eigenvalue weighted by Crippen LogP contribution is -2.13. The molecular formula is C22H19F3N2O2S. The summed E-state index contributed by atoms with van der Waals surface area (Å²) in [6.07, 6.45) is -4.47. The number of aryl methyl sites for hydroxylation is 1. The minimum Gasteiger partial charge on any atom is -0.496 e. The van der Waals surface area contributed by atoms with Crippen LogP contribution in [0, 0.1) is 6.92 Å². The summed E-state index contributed by atoms with van der Waals surface area (Å²) in [5.41, 5.74) is 1.31. The molecule has 0 bridgehead atoms. The molecule has 3 rings (SSSR count). The van der Waals surface area contributed by atoms with Crippen molar-refractivity contribution in [2.24, 2.45) is 0 Å². The number of benzene rings is 3. The molecule has 3 aromatic rings. The van der Waals surface area contributed by atoms with Crippen molar-refractivity contribution in [3.8, 4) is 5.75 Å². The number of carbonyl (C=O) groups excluding carboxylic acids is 1. The second-order valence-electron chi connectivity index (χ2n) is 6.47. The maximum atomic E-state index is 12.9. The fourth-order valence-corrected chi connectivity index (χ4v) is 3.53. The van der Waals surface area contributed by atoms with E-state index >= 15 is 0 Å². The molecule has 2 N–H and O–H groups in total. The van der Waals surface area contributed by atoms with E-state index in [4.69, 9.17) is 4.74 Å². The number of carbonyl (C=O) groups is 1. The van der Waals surface area contributed by atoms with Crippen molar-refractivity contribution in [3.63, 3.8) is 0 Å². The van der Waals surface area contributed by atoms with E-state index in [0.29, 0.717) is 11.3 Å². The van der Waals surface area contributed by atoms with Crippen LogP contribution in [0.5, 0.6) is 5.75 Å². The number of amides is 1. The van der Waals surface area contributed by atoms with Gasteiger partial charge in [0.05, 0.1) is 17.6 Å². The molecule has 0 radical (unpaired) electrons. The fraction of sp³-hybridized carbons (Fsp3) is 0.136. The SMILES string of the molecule is COc1ccc(C)cc1SNc1cccc(C(=O)Nc2cccc(C(F)(F)F)c2)c1. The molecular weight excluding hydrogens is 413 g/mol. The van der Waals surface area contributed by atoms with E-state index in [0.717, 1.165) is 28.3 Å². The molecule has 0 spiro atoms. The number of ether oxygens (including phenoxy) is 1. The van der Waals surface area contributed by atoms with Crippen LogP contribution in [0.2, 0.25) is 0 Å². The highest BCUT2D eigenvalue weighted by Gasteiger charge is 2.30. The number of rotatable bonds is 6. The van der Waals surface area contributed by atoms with E-state index in [-0.39, 0.29) is 5.69 Å². The van der Waals surface area contributed by atoms with E-state index in [1.165, 1.54) is 24.1 Å². The van der Waals surface area contributed by atoms with E-state index in [2.05, 4.69) is 10.0 Å². The molecule has 0 aliphatic heterocycles. The number of hydrogen-bond acceptors (Lipinski definition) is 4. The van der Waals surface area contributed by atoms with Gasteiger partial charge in [0.25, 0.3) is 5.91 Å². The van der Waals surface area contributed by atoms with Gasteiger partial charge in [-0.05, 0) is 73.0 Å². The number of halogens is 3. The Bertz CT molecular complexity index is 1050. The minimum absolute atomic E-state index is 0.0760. The van der Waals surface area contributed by atoms with Crippen molar-refractivity contribution in [1.82, 2.24) is 0 Å². The summed E-state index contributed by atoms with van der Waals surface area (Å²) in [6.45, 7) is 1.97. The molecule has 0 unspecified atom stereocenters. The Morgan fingerprint density at radius 1 is 0.967 bits per heavy atom. The van der Waals surface area contributed by atoms with E-state index in [1.807, 2.05) is 25.1 Å². The first-order chi connectivity index (χ1) is 14.3. The van der Waals surface area contributed by atoms with Gasteiger partial charge in [0.2, 0.25) is 0 Å². The zero-order valence-electron chi connectivity index (χ0n) is 16.2. The van der Waals surface area contributed by atoms with Gasteiger partial charge in [-0.1, -0.05) is 18.2 Å². The molecule has 0 saturated carbocycles. The third kappa shape index (κ3) is 5.48. The Morgan fingerprint density at radius 2 is 1.70 bits per heavy atom. The lowest BCUT2D eigenvalue weighted by atomic mass is 10.1. The molecule has 0 heterocycles. The first-order valence-corrected chi connectivity index (χ1v) is 9.74. The minimum atomic E-state index is -4.47. The average molecular weight is 432 g/mol. The highest BCUT2D eigenvalue weighted by molar-refractivity contribution is 8.00. The number of hydrogen-bond donors (Lipinski definition) is 2. The van der Waals surface area contributed by atoms with Crippen molar-refractivity contribution in [2.75, 3.05) is 17.1 Å². The van der Waals surface area contributed by atoms with Crippen LogP contribution < -0.4 is 14.8 Å². The van der Waals surface area contributed by atoms with Gasteiger partial charge in [-0.3, -0.25) is 4.79 Å². The van der Waals surface area contributed by atoms with Gasteiger partial charge < -0.3 is 14.8 Å². The summed E-state index contributed by atoms with van der Waals surface area (Å²) in [7, 11) is 1.59. The number of alkyl halides is 3. The van der Waals surface area contributed by atoms with Gasteiger partial charge >= 0.3 is 6.18 Å². The van der Waals surface area contributed by atoms with Crippen LogP contribution in [0.15, 0.2) is 71.6 Å². The zero-order chi connectivity index (χ0) is 21.7. The molecule has 0 saturated heterocycles. The molecule has 8 heteroatoms. The van der Waals surface area contributed by atoms with E-state index in [9.17, 15) is 18.0 Å². The quantitative estimate of drug-likeness (QED) is 0.443. The van der Waals surface area contributed by atoms with Gasteiger partial charge in [-0.2, -0.15) is 13.2 Å². The summed E-state index contributed by atoms with van der Waals surface area (Å²) in [6, 6.07) is 17.0. The van der Waals surface area contributed by atoms with Crippen LogP contribution in [-0.4, -0.2) is 13.0 Å². The van der Waals surface area contributed by atoms with Crippen molar-refractivity contribution < 1.29 is 22.7 Å². The number of methoxy groups -OCH3 is 1. The van der Waals surface area contributed by atoms with Gasteiger partial charge in [0.15, 0.2) is 0 Å². The molecule has 4 nitrogen and oxygen atoms in total. The van der Waals surface area contributed by atoms with Crippen LogP contribution in [0.3, 0.4) is 0 Å². The van der Waals surface area contributed by atoms with Crippen molar-refractivity contribution in [2.45, 2.75) is 18.0 Å². The van der Waals surface area contributed by atoms with Gasteiger partial charge in [0.1, 0.15) is 5.75 Å². The smallest absolute Gasteiger partial charge is 0.416 e. The maximum Gasteiger partial charge on any atom is 0.416 e. The van der Waals surface area contributed by atoms with Crippen molar-refractivity contribution >= 4 is 29.2 Å². The third-order valence-corrected chi connectivity index (χ3v) is 5.05. The first kappa shape index (κ1) is 21.6. The molecule has 0 atom stereocenters. The van der Waals surface area contributed by atoms with E-state index in [1.54, 1.807) is 31.4 Å². The predicted molar refractivity (Wildman–Crippen MR) is 113 cm³/mol. The lowest BCUT2D eigenvalue weighted by Gasteiger charge is -2.12. The second kappa shape index (κ2) is 9.13. The van der Waals surface area contributed by atoms with Crippen molar-refractivity contribution in [3.05, 3.63) is 83.4 Å². The van der Waals surface area contributed by atoms with Gasteiger partial charge in [-0.15, -0.1) is 0 Å². The maximum absolute atomic E-state index is 12.9. The standard InChI is InChI=1S/C22H19F3N2O2S/c1-14-9-10-19(29-2)20(11-14)30-27-18-8-3-5-15(12-18)21(28)26-17-7-4-6-16(13-17)22(23,24)25/h3-13,27H,1-2H3,(H,26,28). The monoisotopic (exact) mass is 432 g/mol. The number of anilines is 2. The first-order valence-electron chi connectivity index (χ1n) is 8.92. The van der Waals surface area contributed by atoms with Gasteiger partial charge in [-0.25, -0.2) is 0 Å². The lowest BCUT2D eigenvalue weighted by molar-refractivity contribution is -0.137. The fourth-order valence-electron chi connectivity index (χ4n) is 2.68. The summed E-state index contributed by atoms with van der Waals surface area (Å²) < 4.78 is 47.1. The molecule has 156 valence electrons. The molecule has 0 aliphatic rings. The second-order valence-corrected chi connectivity index (χ2v) is 7.32. The Balaban J connectivity index is 1.71. The van der Waals surface area contributed by atoms with Crippen LogP contribution in [-0.2, 0) is 6.18 Å². The highest BCUT2D eigenvalue weighted by Crippen LogP contribution is 2.32. The average Bonchev–Trinajstić information content (AvgIpc) is 2.72. The van der Waals surface area contributed by atoms with Crippen LogP contribution in [0.4, 0.5) is 24.5 Å². The molecule has 0 aromatic heterocycles. The predicted octanol–water partition coefficient (Wildman–Crippen LogP) is 6.39. The summed E-state index contributed by atoms with van der Waals surface area (Å²) in [5, 5.41) is 2.50. The molecule has 3 aromatic carbocycles. The Kier molecular flexibility index (Phi) is 6.56. The van der Waals surface area contributed by atoms with Gasteiger partial charge in [0, 0.05) is 16.9 Å². The normalized spacial score (nSPS) is 11.1. The Labute approximate surface area is 176 Å². The summed E-state index contributed by atoms with van der Waals surface area (Å²) >= 11 is 1.34. The van der Waals surface area contributed by atoms with Crippen LogP contribution >= 0.6 is 11.9 Å². The summed E-state index contributed by atoms with van der Waals surface area (Å²) in [4.78, 5) is 13.4. The topological polar surface area (TPSA) is 50.4 Å². The Hall–Kier alpha value is -3.13. The Morgan fingerprint density at radius 3 is 2.43 bits per heavy atom. The summed E-state index contributed by atoms with van der Waals surface area (Å²) in [5.74, 6) is 0.215. The van der Waals surface area contributed by atoms with Crippen molar-refractivity contribution in [1.29, 1.82) is 0 Å². The van der Waals surface area contributed by atoms with Crippen LogP contribution in [0.25, 0.3) is 0 Å². The van der Waals surface area contributed by atoms with Crippen LogP contribution in [0.1, 0.15) is 21.5 Å². The molecule has 0 aliphatic carbocycles. The molecule has 1 amide bonds. The molecule has 30 heavy (non-hydrogen) atoms. The largest absolute Gasteiger partial charge is 0.496 e. The third-order valence-electron chi connectivity index (χ3n) is 4.17. The molecule has 0 fully saturated rings. The zero-order valence-corrected chi connectivity index (χ0v) is 17.0. The van der Waals surface area contributed by atoms with E-state index < -0.39 is 17.6 Å². The number of nitrogens with one attached hydrogen (secondary N) is 2. The highest BCUT2D eigenvalue weighted by atomic mass is 32.2.